The summed E-state index contributed by atoms with van der Waals surface area (Å²) in [5.74, 6) is -3.14. The fourth-order valence-electron chi connectivity index (χ4n) is 4.21. The monoisotopic (exact) mass is 535 g/mol. The number of carboxylic acids is 1. The SMILES string of the molecule is COC(=O)[C@H](c1ccccc1)[C@H]1CCCCN1C(=O)OC[n+]1cccc(C(=O)N[C@@H](CO)C(=O)O)c1.[Cl-]. The lowest BCUT2D eigenvalue weighted by Gasteiger charge is -2.38. The number of rotatable bonds is 9. The van der Waals surface area contributed by atoms with Gasteiger partial charge in [0.05, 0.1) is 19.8 Å². The summed E-state index contributed by atoms with van der Waals surface area (Å²) in [4.78, 5) is 50.7. The van der Waals surface area contributed by atoms with Crippen LogP contribution in [0.15, 0.2) is 54.9 Å². The minimum Gasteiger partial charge on any atom is -1.00 e. The van der Waals surface area contributed by atoms with Crippen LogP contribution in [0, 0.1) is 0 Å². The van der Waals surface area contributed by atoms with Crippen LogP contribution in [0.5, 0.6) is 0 Å². The van der Waals surface area contributed by atoms with Crippen molar-refractivity contribution in [1.82, 2.24) is 10.2 Å². The number of amides is 2. The summed E-state index contributed by atoms with van der Waals surface area (Å²) in [5, 5.41) is 20.3. The molecule has 37 heavy (non-hydrogen) atoms. The number of likely N-dealkylation sites (tertiary alicyclic amines) is 1. The zero-order valence-corrected chi connectivity index (χ0v) is 21.0. The number of aliphatic hydroxyl groups is 1. The normalized spacial score (nSPS) is 16.5. The van der Waals surface area contributed by atoms with Crippen molar-refractivity contribution in [2.75, 3.05) is 20.3 Å². The molecule has 12 heteroatoms. The van der Waals surface area contributed by atoms with Gasteiger partial charge in [-0.05, 0) is 30.9 Å². The molecule has 0 unspecified atom stereocenters. The highest BCUT2D eigenvalue weighted by Gasteiger charge is 2.39. The molecule has 0 saturated carbocycles. The number of aromatic nitrogens is 1. The number of carbonyl (C=O) groups excluding carboxylic acids is 3. The predicted octanol–water partition coefficient (Wildman–Crippen LogP) is -1.94. The van der Waals surface area contributed by atoms with E-state index in [9.17, 15) is 19.2 Å². The third-order valence-corrected chi connectivity index (χ3v) is 6.03. The molecule has 11 nitrogen and oxygen atoms in total. The number of hydrogen-bond acceptors (Lipinski definition) is 7. The molecule has 1 aliphatic heterocycles. The highest BCUT2D eigenvalue weighted by molar-refractivity contribution is 5.96. The number of halogens is 1. The zero-order valence-electron chi connectivity index (χ0n) is 20.3. The molecule has 2 heterocycles. The summed E-state index contributed by atoms with van der Waals surface area (Å²) in [5.41, 5.74) is 0.878. The van der Waals surface area contributed by atoms with E-state index in [2.05, 4.69) is 5.32 Å². The molecule has 3 atom stereocenters. The molecule has 0 aliphatic carbocycles. The average molecular weight is 536 g/mol. The van der Waals surface area contributed by atoms with Crippen molar-refractivity contribution < 1.29 is 55.8 Å². The maximum atomic E-state index is 13.1. The van der Waals surface area contributed by atoms with Crippen molar-refractivity contribution >= 4 is 23.9 Å². The number of esters is 1. The number of benzene rings is 1. The van der Waals surface area contributed by atoms with Crippen LogP contribution in [0.3, 0.4) is 0 Å². The van der Waals surface area contributed by atoms with Crippen molar-refractivity contribution in [3.63, 3.8) is 0 Å². The fraction of sp³-hybridized carbons (Fsp3) is 0.400. The molecule has 1 aliphatic rings. The Balaban J connectivity index is 0.00000481. The van der Waals surface area contributed by atoms with Crippen LogP contribution in [0.4, 0.5) is 4.79 Å². The van der Waals surface area contributed by atoms with Gasteiger partial charge in [0.15, 0.2) is 18.4 Å². The van der Waals surface area contributed by atoms with Gasteiger partial charge in [0, 0.05) is 12.6 Å². The average Bonchev–Trinajstić information content (AvgIpc) is 2.91. The van der Waals surface area contributed by atoms with Crippen LogP contribution < -0.4 is 22.3 Å². The lowest BCUT2D eigenvalue weighted by atomic mass is 9.85. The topological polar surface area (TPSA) is 146 Å². The first-order valence-electron chi connectivity index (χ1n) is 11.6. The summed E-state index contributed by atoms with van der Waals surface area (Å²) < 4.78 is 12.0. The summed E-state index contributed by atoms with van der Waals surface area (Å²) in [6, 6.07) is 10.3. The van der Waals surface area contributed by atoms with Gasteiger partial charge in [-0.25, -0.2) is 9.59 Å². The fourth-order valence-corrected chi connectivity index (χ4v) is 4.21. The molecule has 1 aromatic heterocycles. The maximum absolute atomic E-state index is 13.1. The number of nitrogens with zero attached hydrogens (tertiary/aromatic N) is 2. The number of methoxy groups -OCH3 is 1. The minimum atomic E-state index is -1.44. The van der Waals surface area contributed by atoms with Gasteiger partial charge in [-0.15, -0.1) is 0 Å². The van der Waals surface area contributed by atoms with E-state index >= 15 is 0 Å². The molecule has 1 fully saturated rings. The lowest BCUT2D eigenvalue weighted by molar-refractivity contribution is -0.727. The number of aliphatic carboxylic acids is 1. The van der Waals surface area contributed by atoms with Crippen LogP contribution in [-0.4, -0.2) is 71.4 Å². The number of pyridine rings is 1. The van der Waals surface area contributed by atoms with E-state index in [1.807, 2.05) is 30.3 Å². The van der Waals surface area contributed by atoms with Gasteiger partial charge in [-0.2, -0.15) is 4.57 Å². The molecule has 3 rings (SSSR count). The molecule has 2 aromatic rings. The second kappa shape index (κ2) is 14.1. The van der Waals surface area contributed by atoms with Gasteiger partial charge in [-0.1, -0.05) is 30.3 Å². The number of carboxylic acid groups (broad SMARTS) is 1. The molecular formula is C25H30ClN3O8. The predicted molar refractivity (Wildman–Crippen MR) is 125 cm³/mol. The third-order valence-electron chi connectivity index (χ3n) is 6.03. The number of hydrogen-bond donors (Lipinski definition) is 3. The first kappa shape index (κ1) is 29.5. The number of carbonyl (C=O) groups is 4. The Kier molecular flexibility index (Phi) is 11.3. The highest BCUT2D eigenvalue weighted by Crippen LogP contribution is 2.32. The summed E-state index contributed by atoms with van der Waals surface area (Å²) in [6.45, 7) is -0.535. The largest absolute Gasteiger partial charge is 1.00 e. The van der Waals surface area contributed by atoms with Gasteiger partial charge in [0.25, 0.3) is 12.6 Å². The number of ether oxygens (including phenoxy) is 2. The molecule has 1 saturated heterocycles. The molecular weight excluding hydrogens is 506 g/mol. The third kappa shape index (κ3) is 7.64. The van der Waals surface area contributed by atoms with Gasteiger partial charge in [0.1, 0.15) is 11.5 Å². The van der Waals surface area contributed by atoms with Crippen molar-refractivity contribution in [1.29, 1.82) is 0 Å². The van der Waals surface area contributed by atoms with Gasteiger partial charge in [0.2, 0.25) is 0 Å². The van der Waals surface area contributed by atoms with Crippen LogP contribution in [0.25, 0.3) is 0 Å². The van der Waals surface area contributed by atoms with E-state index < -0.39 is 48.5 Å². The number of piperidine rings is 1. The van der Waals surface area contributed by atoms with E-state index in [1.54, 1.807) is 17.2 Å². The van der Waals surface area contributed by atoms with Gasteiger partial charge < -0.3 is 42.3 Å². The van der Waals surface area contributed by atoms with Crippen molar-refractivity contribution in [3.8, 4) is 0 Å². The summed E-state index contributed by atoms with van der Waals surface area (Å²) in [6.07, 6.45) is 4.62. The Labute approximate surface area is 220 Å². The molecule has 3 N–H and O–H groups in total. The first-order valence-corrected chi connectivity index (χ1v) is 11.6. The van der Waals surface area contributed by atoms with E-state index in [4.69, 9.17) is 19.7 Å². The minimum absolute atomic E-state index is 0. The van der Waals surface area contributed by atoms with Crippen LogP contribution in [-0.2, 0) is 25.8 Å². The van der Waals surface area contributed by atoms with Crippen LogP contribution in [0.1, 0.15) is 41.1 Å². The van der Waals surface area contributed by atoms with E-state index in [-0.39, 0.29) is 24.7 Å². The molecule has 200 valence electrons. The van der Waals surface area contributed by atoms with E-state index in [1.165, 1.54) is 23.9 Å². The van der Waals surface area contributed by atoms with E-state index in [0.717, 1.165) is 18.4 Å². The Morgan fingerprint density at radius 3 is 2.51 bits per heavy atom. The van der Waals surface area contributed by atoms with Gasteiger partial charge in [-0.3, -0.25) is 9.59 Å². The zero-order chi connectivity index (χ0) is 26.1. The van der Waals surface area contributed by atoms with Crippen molar-refractivity contribution in [2.24, 2.45) is 0 Å². The lowest BCUT2D eigenvalue weighted by Crippen LogP contribution is -3.00. The maximum Gasteiger partial charge on any atom is 0.414 e. The number of nitrogens with one attached hydrogen (secondary N) is 1. The van der Waals surface area contributed by atoms with E-state index in [0.29, 0.717) is 13.0 Å². The summed E-state index contributed by atoms with van der Waals surface area (Å²) in [7, 11) is 1.32. The smallest absolute Gasteiger partial charge is 0.414 e. The Morgan fingerprint density at radius 2 is 1.86 bits per heavy atom. The second-order valence-electron chi connectivity index (χ2n) is 8.36. The standard InChI is InChI=1S/C25H29N3O8.ClH/c1-35-24(33)21(17-8-3-2-4-9-17)20-11-5-6-13-28(20)25(34)36-16-27-12-7-10-18(14-27)22(30)26-19(15-29)23(31)32;/h2-4,7-10,12,14,19-21,29H,5-6,11,13,15-16H2,1H3,(H-,26,30,31,32);1H/t19-,20+,21+;/m0./s1. The molecule has 0 bridgehead atoms. The molecule has 2 amide bonds. The van der Waals surface area contributed by atoms with Crippen molar-refractivity contribution in [2.45, 2.75) is 44.0 Å². The Hall–Kier alpha value is -3.70. The van der Waals surface area contributed by atoms with Crippen LogP contribution >= 0.6 is 0 Å². The number of aliphatic hydroxyl groups excluding tert-OH is 1. The summed E-state index contributed by atoms with van der Waals surface area (Å²) >= 11 is 0. The highest BCUT2D eigenvalue weighted by atomic mass is 35.5. The quantitative estimate of drug-likeness (QED) is 0.248. The first-order chi connectivity index (χ1) is 17.3. The van der Waals surface area contributed by atoms with Crippen molar-refractivity contribution in [3.05, 3.63) is 66.0 Å². The van der Waals surface area contributed by atoms with Crippen LogP contribution in [0.2, 0.25) is 0 Å². The second-order valence-corrected chi connectivity index (χ2v) is 8.36. The van der Waals surface area contributed by atoms with Gasteiger partial charge >= 0.3 is 18.0 Å². The Morgan fingerprint density at radius 1 is 1.14 bits per heavy atom. The molecule has 1 aromatic carbocycles. The molecule has 0 radical (unpaired) electrons. The molecule has 0 spiro atoms. The Bertz CT molecular complexity index is 1080.